The van der Waals surface area contributed by atoms with Crippen molar-refractivity contribution in [3.05, 3.63) is 48.6 Å². The third-order valence-corrected chi connectivity index (χ3v) is 4.60. The zero-order valence-electron chi connectivity index (χ0n) is 13.6. The van der Waals surface area contributed by atoms with Crippen molar-refractivity contribution in [2.75, 3.05) is 19.6 Å². The molecular weight excluding hydrogens is 272 g/mol. The lowest BCUT2D eigenvalue weighted by molar-refractivity contribution is -0.132. The molecule has 1 aliphatic heterocycles. The van der Waals surface area contributed by atoms with Gasteiger partial charge in [0.25, 0.3) is 0 Å². The van der Waals surface area contributed by atoms with E-state index in [0.717, 1.165) is 13.1 Å². The molecule has 1 aromatic carbocycles. The standard InChI is InChI=1S/C19H28N2O/c1-3-13-21(15-17-7-5-4-6-8-17)19(22)14-16(2)18-9-11-20-12-10-18/h3-8,16,18,20H,1,9-15H2,2H3. The van der Waals surface area contributed by atoms with Crippen molar-refractivity contribution in [1.82, 2.24) is 10.2 Å². The zero-order valence-corrected chi connectivity index (χ0v) is 13.6. The van der Waals surface area contributed by atoms with Crippen LogP contribution in [0.25, 0.3) is 0 Å². The molecule has 1 atom stereocenters. The molecule has 3 heteroatoms. The van der Waals surface area contributed by atoms with Crippen LogP contribution in [0.15, 0.2) is 43.0 Å². The summed E-state index contributed by atoms with van der Waals surface area (Å²) in [4.78, 5) is 14.6. The molecule has 0 aliphatic carbocycles. The molecule has 3 nitrogen and oxygen atoms in total. The number of nitrogens with zero attached hydrogens (tertiary/aromatic N) is 1. The Balaban J connectivity index is 1.92. The van der Waals surface area contributed by atoms with Gasteiger partial charge in [0.15, 0.2) is 0 Å². The van der Waals surface area contributed by atoms with Gasteiger partial charge in [0.1, 0.15) is 0 Å². The summed E-state index contributed by atoms with van der Waals surface area (Å²) in [6.07, 6.45) is 4.84. The average Bonchev–Trinajstić information content (AvgIpc) is 2.56. The number of amides is 1. The highest BCUT2D eigenvalue weighted by Crippen LogP contribution is 2.25. The summed E-state index contributed by atoms with van der Waals surface area (Å²) in [6.45, 7) is 9.48. The molecule has 1 amide bonds. The van der Waals surface area contributed by atoms with Gasteiger partial charge in [0.2, 0.25) is 5.91 Å². The van der Waals surface area contributed by atoms with Crippen molar-refractivity contribution >= 4 is 5.91 Å². The third kappa shape index (κ3) is 4.99. The molecule has 1 aromatic rings. The predicted molar refractivity (Wildman–Crippen MR) is 91.4 cm³/mol. The van der Waals surface area contributed by atoms with Crippen LogP contribution in [-0.2, 0) is 11.3 Å². The van der Waals surface area contributed by atoms with Crippen LogP contribution in [-0.4, -0.2) is 30.4 Å². The van der Waals surface area contributed by atoms with Crippen LogP contribution in [0.1, 0.15) is 31.7 Å². The highest BCUT2D eigenvalue weighted by Gasteiger charge is 2.24. The maximum absolute atomic E-state index is 12.7. The maximum atomic E-state index is 12.7. The van der Waals surface area contributed by atoms with E-state index < -0.39 is 0 Å². The molecule has 1 N–H and O–H groups in total. The molecule has 0 saturated carbocycles. The van der Waals surface area contributed by atoms with Crippen LogP contribution in [0.4, 0.5) is 0 Å². The van der Waals surface area contributed by atoms with Crippen molar-refractivity contribution in [3.8, 4) is 0 Å². The molecule has 1 saturated heterocycles. The van der Waals surface area contributed by atoms with Crippen molar-refractivity contribution in [3.63, 3.8) is 0 Å². The van der Waals surface area contributed by atoms with Gasteiger partial charge in [-0.05, 0) is 43.3 Å². The Labute approximate surface area is 134 Å². The van der Waals surface area contributed by atoms with E-state index in [1.165, 1.54) is 18.4 Å². The Hall–Kier alpha value is -1.61. The van der Waals surface area contributed by atoms with Crippen molar-refractivity contribution in [2.24, 2.45) is 11.8 Å². The molecule has 0 radical (unpaired) electrons. The first-order valence-electron chi connectivity index (χ1n) is 8.34. The van der Waals surface area contributed by atoms with E-state index in [2.05, 4.69) is 31.0 Å². The van der Waals surface area contributed by atoms with Crippen LogP contribution in [0.2, 0.25) is 0 Å². The highest BCUT2D eigenvalue weighted by atomic mass is 16.2. The lowest BCUT2D eigenvalue weighted by Crippen LogP contribution is -2.35. The fraction of sp³-hybridized carbons (Fsp3) is 0.526. The number of nitrogens with one attached hydrogen (secondary N) is 1. The Morgan fingerprint density at radius 1 is 1.36 bits per heavy atom. The molecule has 0 aromatic heterocycles. The summed E-state index contributed by atoms with van der Waals surface area (Å²) in [5.41, 5.74) is 1.17. The first kappa shape index (κ1) is 16.8. The normalized spacial score (nSPS) is 17.0. The third-order valence-electron chi connectivity index (χ3n) is 4.60. The van der Waals surface area contributed by atoms with Crippen LogP contribution in [0, 0.1) is 11.8 Å². The van der Waals surface area contributed by atoms with Crippen molar-refractivity contribution in [1.29, 1.82) is 0 Å². The van der Waals surface area contributed by atoms with Crippen LogP contribution >= 0.6 is 0 Å². The lowest BCUT2D eigenvalue weighted by Gasteiger charge is -2.30. The summed E-state index contributed by atoms with van der Waals surface area (Å²) >= 11 is 0. The van der Waals surface area contributed by atoms with Gasteiger partial charge in [-0.15, -0.1) is 6.58 Å². The van der Waals surface area contributed by atoms with Gasteiger partial charge in [-0.25, -0.2) is 0 Å². The lowest BCUT2D eigenvalue weighted by atomic mass is 9.84. The second kappa shape index (κ2) is 8.74. The Kier molecular flexibility index (Phi) is 6.66. The van der Waals surface area contributed by atoms with Crippen LogP contribution < -0.4 is 5.32 Å². The fourth-order valence-corrected chi connectivity index (χ4v) is 3.20. The Bertz CT molecular complexity index is 466. The molecule has 1 fully saturated rings. The minimum absolute atomic E-state index is 0.245. The highest BCUT2D eigenvalue weighted by molar-refractivity contribution is 5.76. The Morgan fingerprint density at radius 3 is 2.68 bits per heavy atom. The van der Waals surface area contributed by atoms with Gasteiger partial charge in [-0.2, -0.15) is 0 Å². The van der Waals surface area contributed by atoms with E-state index in [-0.39, 0.29) is 5.91 Å². The monoisotopic (exact) mass is 300 g/mol. The van der Waals surface area contributed by atoms with Gasteiger partial charge in [0.05, 0.1) is 0 Å². The van der Waals surface area contributed by atoms with Gasteiger partial charge >= 0.3 is 0 Å². The van der Waals surface area contributed by atoms with E-state index in [4.69, 9.17) is 0 Å². The van der Waals surface area contributed by atoms with E-state index in [1.54, 1.807) is 0 Å². The first-order chi connectivity index (χ1) is 10.7. The van der Waals surface area contributed by atoms with Gasteiger partial charge in [0, 0.05) is 19.5 Å². The smallest absolute Gasteiger partial charge is 0.223 e. The SMILES string of the molecule is C=CCN(Cc1ccccc1)C(=O)CC(C)C1CCNCC1. The van der Waals surface area contributed by atoms with E-state index in [9.17, 15) is 4.79 Å². The van der Waals surface area contributed by atoms with E-state index in [1.807, 2.05) is 29.2 Å². The molecule has 1 heterocycles. The van der Waals surface area contributed by atoms with Crippen molar-refractivity contribution < 1.29 is 4.79 Å². The summed E-state index contributed by atoms with van der Waals surface area (Å²) in [5.74, 6) is 1.37. The fourth-order valence-electron chi connectivity index (χ4n) is 3.20. The molecule has 1 unspecified atom stereocenters. The summed E-state index contributed by atoms with van der Waals surface area (Å²) in [7, 11) is 0. The molecular formula is C19H28N2O. The molecule has 22 heavy (non-hydrogen) atoms. The number of hydrogen-bond acceptors (Lipinski definition) is 2. The summed E-state index contributed by atoms with van der Waals surface area (Å²) in [6, 6.07) is 10.2. The van der Waals surface area contributed by atoms with Gasteiger partial charge in [-0.3, -0.25) is 4.79 Å². The number of benzene rings is 1. The average molecular weight is 300 g/mol. The molecule has 120 valence electrons. The predicted octanol–water partition coefficient (Wildman–Crippen LogP) is 3.23. The van der Waals surface area contributed by atoms with E-state index in [0.29, 0.717) is 31.3 Å². The number of hydrogen-bond donors (Lipinski definition) is 1. The summed E-state index contributed by atoms with van der Waals surface area (Å²) in [5, 5.41) is 3.39. The largest absolute Gasteiger partial charge is 0.335 e. The molecule has 1 aliphatic rings. The topological polar surface area (TPSA) is 32.3 Å². The minimum atomic E-state index is 0.245. The second-order valence-corrected chi connectivity index (χ2v) is 6.32. The number of carbonyl (C=O) groups is 1. The quantitative estimate of drug-likeness (QED) is 0.784. The van der Waals surface area contributed by atoms with Crippen molar-refractivity contribution in [2.45, 2.75) is 32.7 Å². The van der Waals surface area contributed by atoms with Crippen LogP contribution in [0.3, 0.4) is 0 Å². The molecule has 2 rings (SSSR count). The number of rotatable bonds is 7. The minimum Gasteiger partial charge on any atom is -0.335 e. The summed E-state index contributed by atoms with van der Waals surface area (Å²) < 4.78 is 0. The maximum Gasteiger partial charge on any atom is 0.223 e. The van der Waals surface area contributed by atoms with Gasteiger partial charge < -0.3 is 10.2 Å². The number of carbonyl (C=O) groups excluding carboxylic acids is 1. The molecule has 0 spiro atoms. The number of piperidine rings is 1. The second-order valence-electron chi connectivity index (χ2n) is 6.32. The van der Waals surface area contributed by atoms with Gasteiger partial charge in [-0.1, -0.05) is 43.3 Å². The zero-order chi connectivity index (χ0) is 15.8. The van der Waals surface area contributed by atoms with E-state index >= 15 is 0 Å². The molecule has 0 bridgehead atoms. The first-order valence-corrected chi connectivity index (χ1v) is 8.34. The van der Waals surface area contributed by atoms with Crippen LogP contribution in [0.5, 0.6) is 0 Å². The Morgan fingerprint density at radius 2 is 2.05 bits per heavy atom.